The second-order valence-electron chi connectivity index (χ2n) is 3.68. The molecule has 19 heavy (non-hydrogen) atoms. The van der Waals surface area contributed by atoms with Crippen LogP contribution in [0.5, 0.6) is 0 Å². The molecule has 0 heterocycles. The van der Waals surface area contributed by atoms with Crippen molar-refractivity contribution in [1.29, 1.82) is 0 Å². The molecule has 0 aliphatic heterocycles. The van der Waals surface area contributed by atoms with E-state index in [0.717, 1.165) is 14.3 Å². The van der Waals surface area contributed by atoms with Gasteiger partial charge in [0, 0.05) is 18.1 Å². The topological polar surface area (TPSA) is 75.7 Å². The molecule has 1 aromatic rings. The van der Waals surface area contributed by atoms with Crippen LogP contribution in [0, 0.1) is 0 Å². The van der Waals surface area contributed by atoms with Gasteiger partial charge in [-0.25, -0.2) is 9.52 Å². The predicted molar refractivity (Wildman–Crippen MR) is 74.7 cm³/mol. The average Bonchev–Trinajstić information content (AvgIpc) is 2.31. The number of nitrogens with one attached hydrogen (secondary N) is 1. The van der Waals surface area contributed by atoms with Gasteiger partial charge in [-0.1, -0.05) is 34.1 Å². The molecule has 1 amide bonds. The van der Waals surface area contributed by atoms with E-state index in [-0.39, 0.29) is 13.2 Å². The van der Waals surface area contributed by atoms with Crippen molar-refractivity contribution in [3.63, 3.8) is 0 Å². The number of benzene rings is 1. The Morgan fingerprint density at radius 2 is 2.05 bits per heavy atom. The van der Waals surface area contributed by atoms with Crippen molar-refractivity contribution in [2.24, 2.45) is 0 Å². The smallest absolute Gasteiger partial charge is 0.421 e. The Labute approximate surface area is 121 Å². The summed E-state index contributed by atoms with van der Waals surface area (Å²) in [5, 5.41) is 0. The van der Waals surface area contributed by atoms with Crippen LogP contribution in [-0.4, -0.2) is 32.5 Å². The largest absolute Gasteiger partial charge is 0.449 e. The molecule has 0 aromatic heterocycles. The van der Waals surface area contributed by atoms with Gasteiger partial charge in [0.2, 0.25) is 0 Å². The van der Waals surface area contributed by atoms with Crippen LogP contribution in [0.4, 0.5) is 4.79 Å². The highest BCUT2D eigenvalue weighted by molar-refractivity contribution is 9.10. The minimum Gasteiger partial charge on any atom is -0.449 e. The third kappa shape index (κ3) is 4.81. The van der Waals surface area contributed by atoms with E-state index in [1.165, 1.54) is 7.05 Å². The van der Waals surface area contributed by atoms with Crippen LogP contribution in [0.2, 0.25) is 0 Å². The highest BCUT2D eigenvalue weighted by Crippen LogP contribution is 2.18. The number of carbonyl (C=O) groups is 1. The number of hydrogen-bond acceptors (Lipinski definition) is 4. The molecule has 0 bridgehead atoms. The van der Waals surface area contributed by atoms with E-state index in [1.807, 2.05) is 16.9 Å². The van der Waals surface area contributed by atoms with Crippen LogP contribution >= 0.6 is 15.9 Å². The monoisotopic (exact) mass is 350 g/mol. The summed E-state index contributed by atoms with van der Waals surface area (Å²) in [6.45, 7) is 1.84. The van der Waals surface area contributed by atoms with Crippen molar-refractivity contribution in [3.05, 3.63) is 34.3 Å². The maximum Gasteiger partial charge on any atom is 0.421 e. The third-order valence-corrected chi connectivity index (χ3v) is 4.40. The summed E-state index contributed by atoms with van der Waals surface area (Å²) in [5.41, 5.74) is 0.791. The molecule has 0 fully saturated rings. The fourth-order valence-electron chi connectivity index (χ4n) is 1.30. The summed E-state index contributed by atoms with van der Waals surface area (Å²) in [7, 11) is -2.53. The number of halogens is 1. The molecule has 1 aromatic carbocycles. The van der Waals surface area contributed by atoms with Crippen molar-refractivity contribution < 1.29 is 17.9 Å². The Hall–Kier alpha value is -1.12. The molecule has 0 saturated heterocycles. The first-order chi connectivity index (χ1) is 8.86. The zero-order valence-corrected chi connectivity index (χ0v) is 13.0. The standard InChI is InChI=1S/C11H15BrN2O4S/c1-3-18-11(15)13-19(16,17)14(2)8-9-6-4-5-7-10(9)12/h4-7H,3,8H2,1-2H3,(H,13,15). The zero-order chi connectivity index (χ0) is 14.5. The van der Waals surface area contributed by atoms with Crippen LogP contribution in [0.15, 0.2) is 28.7 Å². The first-order valence-corrected chi connectivity index (χ1v) is 7.74. The van der Waals surface area contributed by atoms with Gasteiger partial charge in [-0.3, -0.25) is 0 Å². The third-order valence-electron chi connectivity index (χ3n) is 2.25. The van der Waals surface area contributed by atoms with Crippen LogP contribution in [-0.2, 0) is 21.5 Å². The highest BCUT2D eigenvalue weighted by Gasteiger charge is 2.21. The number of nitrogens with zero attached hydrogens (tertiary/aromatic N) is 1. The number of carbonyl (C=O) groups excluding carboxylic acids is 1. The maximum absolute atomic E-state index is 11.8. The second-order valence-corrected chi connectivity index (χ2v) is 6.31. The zero-order valence-electron chi connectivity index (χ0n) is 10.6. The van der Waals surface area contributed by atoms with Crippen LogP contribution in [0.25, 0.3) is 0 Å². The van der Waals surface area contributed by atoms with E-state index in [4.69, 9.17) is 0 Å². The van der Waals surface area contributed by atoms with E-state index in [0.29, 0.717) is 0 Å². The van der Waals surface area contributed by atoms with Gasteiger partial charge in [-0.2, -0.15) is 12.7 Å². The van der Waals surface area contributed by atoms with Gasteiger partial charge in [0.25, 0.3) is 0 Å². The lowest BCUT2D eigenvalue weighted by Crippen LogP contribution is -2.41. The molecule has 6 nitrogen and oxygen atoms in total. The molecule has 0 aliphatic rings. The number of ether oxygens (including phenoxy) is 1. The Morgan fingerprint density at radius 3 is 2.63 bits per heavy atom. The van der Waals surface area contributed by atoms with Gasteiger partial charge in [0.1, 0.15) is 0 Å². The SMILES string of the molecule is CCOC(=O)NS(=O)(=O)N(C)Cc1ccccc1Br. The summed E-state index contributed by atoms with van der Waals surface area (Å²) in [4.78, 5) is 11.1. The van der Waals surface area contributed by atoms with Gasteiger partial charge < -0.3 is 4.74 Å². The van der Waals surface area contributed by atoms with Crippen molar-refractivity contribution in [2.75, 3.05) is 13.7 Å². The molecular formula is C11H15BrN2O4S. The Balaban J connectivity index is 2.74. The second kappa shape index (κ2) is 6.88. The lowest BCUT2D eigenvalue weighted by Gasteiger charge is -2.18. The molecule has 106 valence electrons. The van der Waals surface area contributed by atoms with Gasteiger partial charge in [-0.05, 0) is 18.6 Å². The molecule has 0 spiro atoms. The molecule has 1 rings (SSSR count). The Kier molecular flexibility index (Phi) is 5.77. The summed E-state index contributed by atoms with van der Waals surface area (Å²) < 4.78 is 31.8. The van der Waals surface area contributed by atoms with Crippen LogP contribution < -0.4 is 4.72 Å². The van der Waals surface area contributed by atoms with E-state index in [1.54, 1.807) is 19.1 Å². The minimum absolute atomic E-state index is 0.106. The van der Waals surface area contributed by atoms with Gasteiger partial charge >= 0.3 is 16.3 Å². The lowest BCUT2D eigenvalue weighted by atomic mass is 10.2. The molecule has 0 saturated carbocycles. The van der Waals surface area contributed by atoms with E-state index in [9.17, 15) is 13.2 Å². The van der Waals surface area contributed by atoms with Crippen molar-refractivity contribution in [2.45, 2.75) is 13.5 Å². The van der Waals surface area contributed by atoms with Gasteiger partial charge in [0.05, 0.1) is 6.61 Å². The maximum atomic E-state index is 11.8. The van der Waals surface area contributed by atoms with E-state index < -0.39 is 16.3 Å². The highest BCUT2D eigenvalue weighted by atomic mass is 79.9. The number of rotatable bonds is 5. The minimum atomic E-state index is -3.91. The van der Waals surface area contributed by atoms with Crippen LogP contribution in [0.3, 0.4) is 0 Å². The van der Waals surface area contributed by atoms with Gasteiger partial charge in [-0.15, -0.1) is 0 Å². The van der Waals surface area contributed by atoms with E-state index >= 15 is 0 Å². The average molecular weight is 351 g/mol. The fraction of sp³-hybridized carbons (Fsp3) is 0.364. The predicted octanol–water partition coefficient (Wildman–Crippen LogP) is 1.87. The van der Waals surface area contributed by atoms with E-state index in [2.05, 4.69) is 20.7 Å². The molecule has 0 radical (unpaired) electrons. The summed E-state index contributed by atoms with van der Waals surface area (Å²) in [6.07, 6.45) is -0.985. The Morgan fingerprint density at radius 1 is 1.42 bits per heavy atom. The molecule has 8 heteroatoms. The quantitative estimate of drug-likeness (QED) is 0.879. The summed E-state index contributed by atoms with van der Waals surface area (Å²) in [6, 6.07) is 7.24. The lowest BCUT2D eigenvalue weighted by molar-refractivity contribution is 0.158. The number of amides is 1. The normalized spacial score (nSPS) is 11.4. The molecular weight excluding hydrogens is 336 g/mol. The van der Waals surface area contributed by atoms with Crippen LogP contribution in [0.1, 0.15) is 12.5 Å². The first kappa shape index (κ1) is 15.9. The molecule has 1 N–H and O–H groups in total. The molecule has 0 aliphatic carbocycles. The molecule has 0 unspecified atom stereocenters. The number of hydrogen-bond donors (Lipinski definition) is 1. The first-order valence-electron chi connectivity index (χ1n) is 5.51. The summed E-state index contributed by atoms with van der Waals surface area (Å²) in [5.74, 6) is 0. The Bertz CT molecular complexity index is 547. The van der Waals surface area contributed by atoms with Crippen molar-refractivity contribution in [3.8, 4) is 0 Å². The fourth-order valence-corrected chi connectivity index (χ4v) is 2.44. The van der Waals surface area contributed by atoms with Crippen molar-refractivity contribution >= 4 is 32.2 Å². The van der Waals surface area contributed by atoms with Gasteiger partial charge in [0.15, 0.2) is 0 Å². The summed E-state index contributed by atoms with van der Waals surface area (Å²) >= 11 is 3.33. The van der Waals surface area contributed by atoms with Crippen molar-refractivity contribution in [1.82, 2.24) is 9.03 Å². The molecule has 0 atom stereocenters.